The lowest BCUT2D eigenvalue weighted by Gasteiger charge is -2.14. The van der Waals surface area contributed by atoms with Crippen LogP contribution in [0.2, 0.25) is 5.02 Å². The van der Waals surface area contributed by atoms with Crippen LogP contribution in [0.25, 0.3) is 10.6 Å². The molecule has 1 saturated heterocycles. The standard InChI is InChI=1S/C15H15ClN2O2S/c1-9-13(15(20)18-6-5-12(19)8-18)21-14(17-9)10-3-2-4-11(16)7-10/h2-4,7,12,19H,5-6,8H2,1H3/t12-/m0/s1. The van der Waals surface area contributed by atoms with Gasteiger partial charge >= 0.3 is 0 Å². The Morgan fingerprint density at radius 1 is 1.52 bits per heavy atom. The van der Waals surface area contributed by atoms with Gasteiger partial charge in [0, 0.05) is 23.7 Å². The van der Waals surface area contributed by atoms with Gasteiger partial charge < -0.3 is 10.0 Å². The molecule has 0 bridgehead atoms. The number of halogens is 1. The zero-order valence-corrected chi connectivity index (χ0v) is 13.1. The Kier molecular flexibility index (Phi) is 3.97. The summed E-state index contributed by atoms with van der Waals surface area (Å²) in [5, 5.41) is 11.0. The van der Waals surface area contributed by atoms with Crippen molar-refractivity contribution in [1.29, 1.82) is 0 Å². The molecule has 6 heteroatoms. The van der Waals surface area contributed by atoms with Gasteiger partial charge in [-0.05, 0) is 25.5 Å². The van der Waals surface area contributed by atoms with Gasteiger partial charge in [0.2, 0.25) is 0 Å². The van der Waals surface area contributed by atoms with Crippen LogP contribution in [0.4, 0.5) is 0 Å². The average Bonchev–Trinajstić information content (AvgIpc) is 3.04. The molecule has 1 atom stereocenters. The number of hydrogen-bond donors (Lipinski definition) is 1. The Bertz CT molecular complexity index is 686. The lowest BCUT2D eigenvalue weighted by Crippen LogP contribution is -2.29. The number of benzene rings is 1. The largest absolute Gasteiger partial charge is 0.391 e. The number of aliphatic hydroxyl groups is 1. The van der Waals surface area contributed by atoms with E-state index < -0.39 is 6.10 Å². The van der Waals surface area contributed by atoms with Gasteiger partial charge in [-0.25, -0.2) is 4.98 Å². The normalized spacial score (nSPS) is 18.2. The minimum atomic E-state index is -0.408. The van der Waals surface area contributed by atoms with E-state index in [1.807, 2.05) is 31.2 Å². The molecule has 21 heavy (non-hydrogen) atoms. The van der Waals surface area contributed by atoms with Crippen LogP contribution in [0.5, 0.6) is 0 Å². The summed E-state index contributed by atoms with van der Waals surface area (Å²) < 4.78 is 0. The Labute approximate surface area is 132 Å². The van der Waals surface area contributed by atoms with Crippen LogP contribution in [-0.4, -0.2) is 40.1 Å². The Hall–Kier alpha value is -1.43. The Morgan fingerprint density at radius 3 is 3.00 bits per heavy atom. The lowest BCUT2D eigenvalue weighted by atomic mass is 10.2. The molecule has 0 aliphatic carbocycles. The second-order valence-corrected chi connectivity index (χ2v) is 6.57. The van der Waals surface area contributed by atoms with Crippen LogP contribution < -0.4 is 0 Å². The molecule has 3 rings (SSSR count). The predicted molar refractivity (Wildman–Crippen MR) is 83.8 cm³/mol. The number of nitrogens with zero attached hydrogens (tertiary/aromatic N) is 2. The zero-order valence-electron chi connectivity index (χ0n) is 11.5. The number of thiazole rings is 1. The summed E-state index contributed by atoms with van der Waals surface area (Å²) in [6.45, 7) is 2.84. The molecule has 1 N–H and O–H groups in total. The number of carbonyl (C=O) groups excluding carboxylic acids is 1. The van der Waals surface area contributed by atoms with E-state index in [9.17, 15) is 9.90 Å². The molecule has 4 nitrogen and oxygen atoms in total. The van der Waals surface area contributed by atoms with Crippen molar-refractivity contribution in [3.63, 3.8) is 0 Å². The van der Waals surface area contributed by atoms with Crippen LogP contribution in [-0.2, 0) is 0 Å². The molecule has 1 aliphatic heterocycles. The minimum absolute atomic E-state index is 0.0465. The van der Waals surface area contributed by atoms with Crippen LogP contribution in [0.3, 0.4) is 0 Å². The lowest BCUT2D eigenvalue weighted by molar-refractivity contribution is 0.0769. The van der Waals surface area contributed by atoms with E-state index in [0.717, 1.165) is 16.3 Å². The number of β-amino-alcohol motifs (C(OH)–C–C–N with tert-alkyl or cyclic N) is 1. The van der Waals surface area contributed by atoms with Crippen molar-refractivity contribution in [2.75, 3.05) is 13.1 Å². The summed E-state index contributed by atoms with van der Waals surface area (Å²) in [5.41, 5.74) is 1.64. The second kappa shape index (κ2) is 5.75. The van der Waals surface area contributed by atoms with E-state index in [-0.39, 0.29) is 5.91 Å². The third-order valence-electron chi connectivity index (χ3n) is 3.51. The van der Waals surface area contributed by atoms with Crippen LogP contribution in [0.15, 0.2) is 24.3 Å². The first-order valence-corrected chi connectivity index (χ1v) is 7.95. The highest BCUT2D eigenvalue weighted by Gasteiger charge is 2.28. The number of hydrogen-bond acceptors (Lipinski definition) is 4. The average molecular weight is 323 g/mol. The number of aliphatic hydroxyl groups excluding tert-OH is 1. The Balaban J connectivity index is 1.89. The van der Waals surface area contributed by atoms with Crippen molar-refractivity contribution in [2.45, 2.75) is 19.4 Å². The molecular weight excluding hydrogens is 308 g/mol. The van der Waals surface area contributed by atoms with Gasteiger partial charge in [0.1, 0.15) is 9.88 Å². The molecule has 1 aromatic heterocycles. The van der Waals surface area contributed by atoms with Gasteiger partial charge in [-0.3, -0.25) is 4.79 Å². The molecule has 1 aliphatic rings. The highest BCUT2D eigenvalue weighted by Crippen LogP contribution is 2.30. The third-order valence-corrected chi connectivity index (χ3v) is 4.94. The number of aryl methyl sites for hydroxylation is 1. The van der Waals surface area contributed by atoms with E-state index >= 15 is 0 Å². The highest BCUT2D eigenvalue weighted by atomic mass is 35.5. The maximum Gasteiger partial charge on any atom is 0.265 e. The maximum absolute atomic E-state index is 12.5. The van der Waals surface area contributed by atoms with Crippen molar-refractivity contribution < 1.29 is 9.90 Å². The summed E-state index contributed by atoms with van der Waals surface area (Å²) in [5.74, 6) is -0.0465. The van der Waals surface area contributed by atoms with Crippen LogP contribution >= 0.6 is 22.9 Å². The summed E-state index contributed by atoms with van der Waals surface area (Å²) >= 11 is 7.37. The SMILES string of the molecule is Cc1nc(-c2cccc(Cl)c2)sc1C(=O)N1CC[C@H](O)C1. The molecular formula is C15H15ClN2O2S. The van der Waals surface area contributed by atoms with E-state index in [1.54, 1.807) is 4.90 Å². The van der Waals surface area contributed by atoms with E-state index in [0.29, 0.717) is 29.4 Å². The fourth-order valence-corrected chi connectivity index (χ4v) is 3.63. The molecule has 1 amide bonds. The maximum atomic E-state index is 12.5. The zero-order chi connectivity index (χ0) is 15.0. The first kappa shape index (κ1) is 14.5. The molecule has 1 fully saturated rings. The van der Waals surface area contributed by atoms with Crippen molar-refractivity contribution >= 4 is 28.8 Å². The topological polar surface area (TPSA) is 53.4 Å². The van der Waals surface area contributed by atoms with Crippen molar-refractivity contribution in [2.24, 2.45) is 0 Å². The number of carbonyl (C=O) groups is 1. The molecule has 2 aromatic rings. The molecule has 110 valence electrons. The predicted octanol–water partition coefficient (Wildman–Crippen LogP) is 2.98. The highest BCUT2D eigenvalue weighted by molar-refractivity contribution is 7.17. The van der Waals surface area contributed by atoms with E-state index in [2.05, 4.69) is 4.98 Å². The fraction of sp³-hybridized carbons (Fsp3) is 0.333. The number of likely N-dealkylation sites (tertiary alicyclic amines) is 1. The minimum Gasteiger partial charge on any atom is -0.391 e. The summed E-state index contributed by atoms with van der Waals surface area (Å²) in [7, 11) is 0. The molecule has 0 saturated carbocycles. The van der Waals surface area contributed by atoms with Gasteiger partial charge in [0.15, 0.2) is 0 Å². The second-order valence-electron chi connectivity index (χ2n) is 5.14. The van der Waals surface area contributed by atoms with E-state index in [4.69, 9.17) is 11.6 Å². The molecule has 0 radical (unpaired) electrons. The van der Waals surface area contributed by atoms with Crippen LogP contribution in [0.1, 0.15) is 21.8 Å². The van der Waals surface area contributed by atoms with Gasteiger partial charge in [0.05, 0.1) is 11.8 Å². The van der Waals surface area contributed by atoms with Gasteiger partial charge in [-0.1, -0.05) is 23.7 Å². The van der Waals surface area contributed by atoms with Crippen molar-refractivity contribution in [3.05, 3.63) is 39.9 Å². The summed E-state index contributed by atoms with van der Waals surface area (Å²) in [6.07, 6.45) is 0.236. The van der Waals surface area contributed by atoms with Crippen LogP contribution in [0, 0.1) is 6.92 Å². The number of amides is 1. The van der Waals surface area contributed by atoms with Gasteiger partial charge in [-0.15, -0.1) is 11.3 Å². The summed E-state index contributed by atoms with van der Waals surface area (Å²) in [4.78, 5) is 19.3. The van der Waals surface area contributed by atoms with Gasteiger partial charge in [-0.2, -0.15) is 0 Å². The summed E-state index contributed by atoms with van der Waals surface area (Å²) in [6, 6.07) is 7.45. The molecule has 0 spiro atoms. The smallest absolute Gasteiger partial charge is 0.265 e. The first-order chi connectivity index (χ1) is 10.0. The molecule has 0 unspecified atom stereocenters. The van der Waals surface area contributed by atoms with Crippen molar-refractivity contribution in [3.8, 4) is 10.6 Å². The molecule has 2 heterocycles. The quantitative estimate of drug-likeness (QED) is 0.924. The monoisotopic (exact) mass is 322 g/mol. The first-order valence-electron chi connectivity index (χ1n) is 6.75. The third kappa shape index (κ3) is 2.95. The van der Waals surface area contributed by atoms with Crippen molar-refractivity contribution in [1.82, 2.24) is 9.88 Å². The van der Waals surface area contributed by atoms with Gasteiger partial charge in [0.25, 0.3) is 5.91 Å². The van der Waals surface area contributed by atoms with E-state index in [1.165, 1.54) is 11.3 Å². The number of aromatic nitrogens is 1. The fourth-order valence-electron chi connectivity index (χ4n) is 2.41. The number of rotatable bonds is 2. The molecule has 1 aromatic carbocycles. The Morgan fingerprint density at radius 2 is 2.33 bits per heavy atom.